The Hall–Kier alpha value is -2.75. The van der Waals surface area contributed by atoms with Crippen molar-refractivity contribution in [3.05, 3.63) is 35.9 Å². The molecule has 2 aromatic heterocycles. The van der Waals surface area contributed by atoms with Crippen LogP contribution in [0.1, 0.15) is 25.3 Å². The fraction of sp³-hybridized carbons (Fsp3) is 0.500. The number of methoxy groups -OCH3 is 1. The van der Waals surface area contributed by atoms with E-state index >= 15 is 0 Å². The Bertz CT molecular complexity index is 1040. The number of dihydropyridines is 1. The molecule has 9 heteroatoms. The average molecular weight is 428 g/mol. The van der Waals surface area contributed by atoms with Crippen LogP contribution in [0.4, 0.5) is 5.82 Å². The Labute approximate surface area is 180 Å². The summed E-state index contributed by atoms with van der Waals surface area (Å²) in [5, 5.41) is 12.9. The molecule has 1 fully saturated rings. The number of aryl methyl sites for hydroxylation is 1. The topological polar surface area (TPSA) is 107 Å². The molecule has 0 radical (unpaired) electrons. The maximum atomic E-state index is 11.5. The first-order chi connectivity index (χ1) is 15.0. The van der Waals surface area contributed by atoms with E-state index in [-0.39, 0.29) is 25.2 Å². The molecule has 2 aliphatic heterocycles. The summed E-state index contributed by atoms with van der Waals surface area (Å²) in [5.41, 5.74) is 2.08. The first kappa shape index (κ1) is 21.5. The minimum atomic E-state index is -0.513. The molecule has 31 heavy (non-hydrogen) atoms. The lowest BCUT2D eigenvalue weighted by Gasteiger charge is -2.35. The van der Waals surface area contributed by atoms with Crippen molar-refractivity contribution < 1.29 is 24.1 Å². The van der Waals surface area contributed by atoms with Crippen molar-refractivity contribution in [2.24, 2.45) is 12.0 Å². The number of rotatable bonds is 7. The van der Waals surface area contributed by atoms with E-state index in [0.29, 0.717) is 25.5 Å². The minimum absolute atomic E-state index is 0.0625. The third kappa shape index (κ3) is 4.21. The molecule has 0 aliphatic carbocycles. The van der Waals surface area contributed by atoms with Gasteiger partial charge in [-0.3, -0.25) is 9.79 Å². The van der Waals surface area contributed by atoms with Crippen LogP contribution < -0.4 is 5.32 Å². The van der Waals surface area contributed by atoms with Crippen LogP contribution in [0.2, 0.25) is 0 Å². The van der Waals surface area contributed by atoms with Crippen LogP contribution in [0.15, 0.2) is 35.3 Å². The Kier molecular flexibility index (Phi) is 6.08. The summed E-state index contributed by atoms with van der Waals surface area (Å²) in [7, 11) is 3.64. The van der Waals surface area contributed by atoms with Gasteiger partial charge in [-0.15, -0.1) is 0 Å². The summed E-state index contributed by atoms with van der Waals surface area (Å²) >= 11 is 0. The fourth-order valence-corrected chi connectivity index (χ4v) is 4.23. The highest BCUT2D eigenvalue weighted by atomic mass is 16.6. The maximum absolute atomic E-state index is 11.5. The van der Waals surface area contributed by atoms with Crippen LogP contribution in [0.5, 0.6) is 0 Å². The molecule has 166 valence electrons. The van der Waals surface area contributed by atoms with E-state index in [0.717, 1.165) is 34.4 Å². The number of amides is 1. The zero-order valence-corrected chi connectivity index (χ0v) is 18.1. The molecule has 1 amide bonds. The van der Waals surface area contributed by atoms with Gasteiger partial charge in [0.2, 0.25) is 5.91 Å². The molecule has 2 atom stereocenters. The Balaban J connectivity index is 1.80. The van der Waals surface area contributed by atoms with Crippen molar-refractivity contribution in [3.8, 4) is 0 Å². The van der Waals surface area contributed by atoms with E-state index in [9.17, 15) is 9.90 Å². The predicted molar refractivity (Wildman–Crippen MR) is 116 cm³/mol. The zero-order valence-electron chi connectivity index (χ0n) is 18.1. The molecule has 9 nitrogen and oxygen atoms in total. The molecule has 1 saturated heterocycles. The average Bonchev–Trinajstić information content (AvgIpc) is 3.37. The van der Waals surface area contributed by atoms with Gasteiger partial charge in [0.25, 0.3) is 0 Å². The Morgan fingerprint density at radius 1 is 1.48 bits per heavy atom. The van der Waals surface area contributed by atoms with Crippen molar-refractivity contribution >= 4 is 28.3 Å². The number of aliphatic hydroxyl groups is 1. The number of nitrogens with one attached hydrogen (secondary N) is 1. The van der Waals surface area contributed by atoms with Crippen LogP contribution in [-0.4, -0.2) is 71.5 Å². The number of aromatic nitrogens is 2. The quantitative estimate of drug-likeness (QED) is 0.696. The fourth-order valence-electron chi connectivity index (χ4n) is 4.23. The van der Waals surface area contributed by atoms with Crippen LogP contribution in [0, 0.1) is 0 Å². The molecule has 0 aromatic carbocycles. The van der Waals surface area contributed by atoms with Gasteiger partial charge < -0.3 is 29.2 Å². The number of anilines is 1. The third-order valence-corrected chi connectivity index (χ3v) is 5.85. The van der Waals surface area contributed by atoms with Gasteiger partial charge in [0, 0.05) is 63.8 Å². The molecule has 0 saturated carbocycles. The van der Waals surface area contributed by atoms with E-state index < -0.39 is 5.60 Å². The number of aliphatic imine (C=N–C) groups is 1. The molecular formula is C22H28N4O5. The van der Waals surface area contributed by atoms with Gasteiger partial charge in [-0.1, -0.05) is 0 Å². The summed E-state index contributed by atoms with van der Waals surface area (Å²) in [6.07, 6.45) is 6.97. The van der Waals surface area contributed by atoms with Gasteiger partial charge in [-0.25, -0.2) is 4.98 Å². The lowest BCUT2D eigenvalue weighted by Crippen LogP contribution is -2.45. The summed E-state index contributed by atoms with van der Waals surface area (Å²) in [5.74, 6) is 1.06. The van der Waals surface area contributed by atoms with Crippen molar-refractivity contribution in [3.63, 3.8) is 0 Å². The number of fused-ring (bicyclic) bond motifs is 1. The number of hydrogen-bond acceptors (Lipinski definition) is 7. The smallest absolute Gasteiger partial charge is 0.222 e. The first-order valence-corrected chi connectivity index (χ1v) is 10.3. The summed E-state index contributed by atoms with van der Waals surface area (Å²) in [6, 6.07) is 1.67. The summed E-state index contributed by atoms with van der Waals surface area (Å²) in [6.45, 7) is 2.71. The second-order valence-corrected chi connectivity index (χ2v) is 7.91. The largest absolute Gasteiger partial charge is 0.495 e. The third-order valence-electron chi connectivity index (χ3n) is 5.85. The normalized spacial score (nSPS) is 23.5. The number of carbonyl (C=O) groups is 1. The number of pyridine rings is 1. The zero-order chi connectivity index (χ0) is 22.0. The van der Waals surface area contributed by atoms with Crippen LogP contribution in [-0.2, 0) is 26.1 Å². The van der Waals surface area contributed by atoms with Crippen LogP contribution in [0.25, 0.3) is 10.9 Å². The van der Waals surface area contributed by atoms with Crippen molar-refractivity contribution in [2.75, 3.05) is 38.9 Å². The highest BCUT2D eigenvalue weighted by Gasteiger charge is 2.44. The van der Waals surface area contributed by atoms with Gasteiger partial charge in [0.05, 0.1) is 36.7 Å². The summed E-state index contributed by atoms with van der Waals surface area (Å²) in [4.78, 5) is 20.9. The Morgan fingerprint density at radius 3 is 3.00 bits per heavy atom. The monoisotopic (exact) mass is 428 g/mol. The molecule has 4 heterocycles. The van der Waals surface area contributed by atoms with E-state index in [2.05, 4.69) is 10.3 Å². The lowest BCUT2D eigenvalue weighted by atomic mass is 9.88. The Morgan fingerprint density at radius 2 is 2.32 bits per heavy atom. The molecule has 1 unspecified atom stereocenters. The molecule has 2 aliphatic rings. The number of aliphatic hydroxyl groups excluding tert-OH is 1. The standard InChI is InChI=1S/C22H28N4O5/c1-14(28)24-21-10-16-17(12-26(2)19(16)11-23-21)18-8-15(31-7-5-27)9-20(25-18)22(29-3)4-6-30-13-22/h8,10-12,20,27H,4-7,9,13H2,1-3H3,(H,23,24,28)/t20?,22-/m0/s1. The summed E-state index contributed by atoms with van der Waals surface area (Å²) < 4.78 is 19.3. The number of hydrogen-bond donors (Lipinski definition) is 2. The van der Waals surface area contributed by atoms with Gasteiger partial charge in [-0.2, -0.15) is 0 Å². The van der Waals surface area contributed by atoms with Crippen molar-refractivity contribution in [1.82, 2.24) is 9.55 Å². The van der Waals surface area contributed by atoms with Gasteiger partial charge in [0.15, 0.2) is 0 Å². The second-order valence-electron chi connectivity index (χ2n) is 7.91. The molecule has 2 aromatic rings. The highest BCUT2D eigenvalue weighted by molar-refractivity contribution is 6.17. The molecule has 4 rings (SSSR count). The van der Waals surface area contributed by atoms with Gasteiger partial charge >= 0.3 is 0 Å². The SMILES string of the molecule is CO[C@@]1(C2CC(OCCO)=CC(c3cn(C)c4cnc(NC(C)=O)cc34)=N2)CCOC1. The van der Waals surface area contributed by atoms with Crippen molar-refractivity contribution in [2.45, 2.75) is 31.4 Å². The lowest BCUT2D eigenvalue weighted by molar-refractivity contribution is -0.114. The predicted octanol–water partition coefficient (Wildman–Crippen LogP) is 1.79. The van der Waals surface area contributed by atoms with Crippen molar-refractivity contribution in [1.29, 1.82) is 0 Å². The van der Waals surface area contributed by atoms with Crippen LogP contribution >= 0.6 is 0 Å². The number of nitrogens with zero attached hydrogens (tertiary/aromatic N) is 3. The number of allylic oxidation sites excluding steroid dienone is 1. The maximum Gasteiger partial charge on any atom is 0.222 e. The number of carbonyl (C=O) groups excluding carboxylic acids is 1. The van der Waals surface area contributed by atoms with E-state index in [1.807, 2.05) is 30.0 Å². The van der Waals surface area contributed by atoms with E-state index in [1.54, 1.807) is 13.3 Å². The molecule has 0 bridgehead atoms. The van der Waals surface area contributed by atoms with E-state index in [1.165, 1.54) is 6.92 Å². The van der Waals surface area contributed by atoms with E-state index in [4.69, 9.17) is 19.2 Å². The van der Waals surface area contributed by atoms with Gasteiger partial charge in [-0.05, 0) is 6.07 Å². The van der Waals surface area contributed by atoms with Gasteiger partial charge in [0.1, 0.15) is 23.8 Å². The first-order valence-electron chi connectivity index (χ1n) is 10.3. The minimum Gasteiger partial charge on any atom is -0.495 e. The number of ether oxygens (including phenoxy) is 3. The van der Waals surface area contributed by atoms with Crippen LogP contribution in [0.3, 0.4) is 0 Å². The second kappa shape index (κ2) is 8.78. The molecule has 2 N–H and O–H groups in total. The molecular weight excluding hydrogens is 400 g/mol. The highest BCUT2D eigenvalue weighted by Crippen LogP contribution is 2.36. The molecule has 0 spiro atoms.